The summed E-state index contributed by atoms with van der Waals surface area (Å²) in [7, 11) is 0. The molecular weight excluding hydrogens is 340 g/mol. The molecule has 3 rings (SSSR count). The number of aryl methyl sites for hydroxylation is 1. The van der Waals surface area contributed by atoms with E-state index in [1.807, 2.05) is 30.0 Å². The zero-order chi connectivity index (χ0) is 18.0. The fraction of sp³-hybridized carbons (Fsp3) is 0.294. The summed E-state index contributed by atoms with van der Waals surface area (Å²) in [5, 5.41) is 20.1. The topological polar surface area (TPSA) is 90.5 Å². The number of hydrogen-bond donors (Lipinski definition) is 0. The van der Waals surface area contributed by atoms with Gasteiger partial charge in [0.25, 0.3) is 11.6 Å². The molecule has 0 bridgehead atoms. The number of thiophene rings is 1. The zero-order valence-corrected chi connectivity index (χ0v) is 14.5. The molecule has 0 unspecified atom stereocenters. The molecule has 1 aromatic carbocycles. The van der Waals surface area contributed by atoms with Crippen LogP contribution in [0.25, 0.3) is 0 Å². The number of amides is 1. The third kappa shape index (κ3) is 3.46. The maximum Gasteiger partial charge on any atom is 0.270 e. The highest BCUT2D eigenvalue weighted by Crippen LogP contribution is 2.26. The molecule has 0 atom stereocenters. The largest absolute Gasteiger partial charge is 0.367 e. The van der Waals surface area contributed by atoms with Gasteiger partial charge < -0.3 is 9.80 Å². The Kier molecular flexibility index (Phi) is 4.67. The van der Waals surface area contributed by atoms with Crippen molar-refractivity contribution < 1.29 is 9.72 Å². The highest BCUT2D eigenvalue weighted by Gasteiger charge is 2.25. The standard InChI is InChI=1S/C17H16N4O3S/c1-12-2-5-16(25-12)17(22)20-8-6-19(7-9-20)15-4-3-14(21(23)24)10-13(15)11-18/h2-5,10H,6-9H2,1H3. The fourth-order valence-electron chi connectivity index (χ4n) is 2.86. The molecule has 2 aromatic rings. The first-order valence-electron chi connectivity index (χ1n) is 7.79. The lowest BCUT2D eigenvalue weighted by Crippen LogP contribution is -2.48. The average Bonchev–Trinajstić information content (AvgIpc) is 3.07. The van der Waals surface area contributed by atoms with Gasteiger partial charge in [-0.25, -0.2) is 0 Å². The highest BCUT2D eigenvalue weighted by molar-refractivity contribution is 7.13. The summed E-state index contributed by atoms with van der Waals surface area (Å²) in [5.41, 5.74) is 0.859. The van der Waals surface area contributed by atoms with E-state index in [-0.39, 0.29) is 17.2 Å². The van der Waals surface area contributed by atoms with Gasteiger partial charge in [0.2, 0.25) is 0 Å². The van der Waals surface area contributed by atoms with E-state index in [0.717, 1.165) is 9.75 Å². The minimum atomic E-state index is -0.510. The van der Waals surface area contributed by atoms with E-state index in [0.29, 0.717) is 31.9 Å². The molecule has 2 heterocycles. The molecule has 25 heavy (non-hydrogen) atoms. The molecule has 0 saturated carbocycles. The molecule has 0 N–H and O–H groups in total. The Hall–Kier alpha value is -2.92. The van der Waals surface area contributed by atoms with E-state index in [1.165, 1.54) is 23.5 Å². The minimum Gasteiger partial charge on any atom is -0.367 e. The summed E-state index contributed by atoms with van der Waals surface area (Å²) in [6.45, 7) is 4.25. The molecular formula is C17H16N4O3S. The highest BCUT2D eigenvalue weighted by atomic mass is 32.1. The SMILES string of the molecule is Cc1ccc(C(=O)N2CCN(c3ccc([N+](=O)[O-])cc3C#N)CC2)s1. The van der Waals surface area contributed by atoms with Gasteiger partial charge >= 0.3 is 0 Å². The average molecular weight is 356 g/mol. The van der Waals surface area contributed by atoms with Crippen molar-refractivity contribution in [3.8, 4) is 6.07 Å². The second-order valence-corrected chi connectivity index (χ2v) is 7.05. The molecule has 1 aromatic heterocycles. The van der Waals surface area contributed by atoms with Crippen molar-refractivity contribution in [2.24, 2.45) is 0 Å². The van der Waals surface area contributed by atoms with Crippen molar-refractivity contribution in [1.29, 1.82) is 5.26 Å². The third-order valence-electron chi connectivity index (χ3n) is 4.17. The number of piperazine rings is 1. The number of nitro benzene ring substituents is 1. The third-order valence-corrected chi connectivity index (χ3v) is 5.16. The van der Waals surface area contributed by atoms with Gasteiger partial charge in [-0.3, -0.25) is 14.9 Å². The maximum atomic E-state index is 12.5. The molecule has 128 valence electrons. The number of non-ortho nitro benzene ring substituents is 1. The maximum absolute atomic E-state index is 12.5. The number of carbonyl (C=O) groups excluding carboxylic acids is 1. The van der Waals surface area contributed by atoms with Crippen LogP contribution in [0.5, 0.6) is 0 Å². The Morgan fingerprint density at radius 1 is 1.24 bits per heavy atom. The fourth-order valence-corrected chi connectivity index (χ4v) is 3.69. The predicted molar refractivity (Wildman–Crippen MR) is 95.0 cm³/mol. The van der Waals surface area contributed by atoms with Gasteiger partial charge in [-0.2, -0.15) is 5.26 Å². The number of anilines is 1. The van der Waals surface area contributed by atoms with Crippen molar-refractivity contribution in [3.05, 3.63) is 55.8 Å². The van der Waals surface area contributed by atoms with Gasteiger partial charge in [0, 0.05) is 43.2 Å². The van der Waals surface area contributed by atoms with Crippen molar-refractivity contribution in [1.82, 2.24) is 4.90 Å². The molecule has 0 aliphatic carbocycles. The first-order valence-corrected chi connectivity index (χ1v) is 8.60. The Balaban J connectivity index is 1.71. The Morgan fingerprint density at radius 3 is 2.52 bits per heavy atom. The molecule has 8 heteroatoms. The lowest BCUT2D eigenvalue weighted by Gasteiger charge is -2.36. The number of hydrogen-bond acceptors (Lipinski definition) is 6. The van der Waals surface area contributed by atoms with Crippen LogP contribution in [-0.2, 0) is 0 Å². The number of rotatable bonds is 3. The number of benzene rings is 1. The van der Waals surface area contributed by atoms with Gasteiger partial charge in [0.05, 0.1) is 21.1 Å². The van der Waals surface area contributed by atoms with Gasteiger partial charge in [0.1, 0.15) is 6.07 Å². The van der Waals surface area contributed by atoms with Gasteiger partial charge in [-0.1, -0.05) is 0 Å². The van der Waals surface area contributed by atoms with Crippen LogP contribution in [0.15, 0.2) is 30.3 Å². The van der Waals surface area contributed by atoms with Crippen LogP contribution in [0.1, 0.15) is 20.1 Å². The lowest BCUT2D eigenvalue weighted by molar-refractivity contribution is -0.384. The summed E-state index contributed by atoms with van der Waals surface area (Å²) in [6.07, 6.45) is 0. The van der Waals surface area contributed by atoms with E-state index < -0.39 is 4.92 Å². The lowest BCUT2D eigenvalue weighted by atomic mass is 10.1. The van der Waals surface area contributed by atoms with Crippen LogP contribution in [0, 0.1) is 28.4 Å². The molecule has 1 amide bonds. The van der Waals surface area contributed by atoms with Crippen LogP contribution < -0.4 is 4.90 Å². The van der Waals surface area contributed by atoms with Crippen LogP contribution in [0.4, 0.5) is 11.4 Å². The summed E-state index contributed by atoms with van der Waals surface area (Å²) in [4.78, 5) is 28.5. The Labute approximate surface area is 148 Å². The van der Waals surface area contributed by atoms with Crippen LogP contribution in [0.2, 0.25) is 0 Å². The molecule has 1 aliphatic heterocycles. The van der Waals surface area contributed by atoms with Crippen LogP contribution in [0.3, 0.4) is 0 Å². The first kappa shape index (κ1) is 16.9. The molecule has 7 nitrogen and oxygen atoms in total. The van der Waals surface area contributed by atoms with E-state index in [9.17, 15) is 20.2 Å². The summed E-state index contributed by atoms with van der Waals surface area (Å²) >= 11 is 1.49. The molecule has 0 radical (unpaired) electrons. The van der Waals surface area contributed by atoms with Crippen molar-refractivity contribution in [3.63, 3.8) is 0 Å². The van der Waals surface area contributed by atoms with E-state index in [2.05, 4.69) is 0 Å². The number of nitriles is 1. The summed E-state index contributed by atoms with van der Waals surface area (Å²) < 4.78 is 0. The van der Waals surface area contributed by atoms with Crippen molar-refractivity contribution >= 4 is 28.6 Å². The number of carbonyl (C=O) groups is 1. The monoisotopic (exact) mass is 356 g/mol. The first-order chi connectivity index (χ1) is 12.0. The summed E-state index contributed by atoms with van der Waals surface area (Å²) in [5.74, 6) is 0.0296. The minimum absolute atomic E-state index is 0.0296. The van der Waals surface area contributed by atoms with Gasteiger partial charge in [-0.05, 0) is 25.1 Å². The number of nitro groups is 1. The zero-order valence-electron chi connectivity index (χ0n) is 13.6. The van der Waals surface area contributed by atoms with Crippen molar-refractivity contribution in [2.75, 3.05) is 31.1 Å². The molecule has 1 aliphatic rings. The second-order valence-electron chi connectivity index (χ2n) is 5.76. The smallest absolute Gasteiger partial charge is 0.270 e. The predicted octanol–water partition coefficient (Wildman–Crippen LogP) is 2.80. The van der Waals surface area contributed by atoms with Gasteiger partial charge in [-0.15, -0.1) is 11.3 Å². The quantitative estimate of drug-likeness (QED) is 0.623. The molecule has 1 fully saturated rings. The van der Waals surface area contributed by atoms with E-state index in [4.69, 9.17) is 0 Å². The van der Waals surface area contributed by atoms with E-state index in [1.54, 1.807) is 11.0 Å². The Morgan fingerprint density at radius 2 is 1.96 bits per heavy atom. The Bertz CT molecular complexity index is 863. The molecule has 1 saturated heterocycles. The van der Waals surface area contributed by atoms with Crippen LogP contribution in [-0.4, -0.2) is 41.9 Å². The molecule has 0 spiro atoms. The second kappa shape index (κ2) is 6.91. The van der Waals surface area contributed by atoms with Crippen molar-refractivity contribution in [2.45, 2.75) is 6.92 Å². The normalized spacial score (nSPS) is 14.2. The number of nitrogens with zero attached hydrogens (tertiary/aromatic N) is 4. The summed E-state index contributed by atoms with van der Waals surface area (Å²) in [6, 6.07) is 10.1. The van der Waals surface area contributed by atoms with E-state index >= 15 is 0 Å². The van der Waals surface area contributed by atoms with Crippen LogP contribution >= 0.6 is 11.3 Å². The van der Waals surface area contributed by atoms with Gasteiger partial charge in [0.15, 0.2) is 0 Å².